The molecule has 39 heavy (non-hydrogen) atoms. The van der Waals surface area contributed by atoms with Crippen LogP contribution in [0.2, 0.25) is 0 Å². The molecule has 10 nitrogen and oxygen atoms in total. The summed E-state index contributed by atoms with van der Waals surface area (Å²) in [7, 11) is 0. The molecule has 0 spiro atoms. The van der Waals surface area contributed by atoms with E-state index in [4.69, 9.17) is 33.8 Å². The number of halogens is 6. The third kappa shape index (κ3) is 9.78. The molecule has 4 rings (SSSR count). The highest BCUT2D eigenvalue weighted by molar-refractivity contribution is 5.73. The quantitative estimate of drug-likeness (QED) is 0.509. The summed E-state index contributed by atoms with van der Waals surface area (Å²) in [5.41, 5.74) is 3.12. The Balaban J connectivity index is 0.000000317. The lowest BCUT2D eigenvalue weighted by Gasteiger charge is -2.32. The summed E-state index contributed by atoms with van der Waals surface area (Å²) in [5, 5.41) is 18.3. The summed E-state index contributed by atoms with van der Waals surface area (Å²) in [6.07, 6.45) is -5.90. The predicted molar refractivity (Wildman–Crippen MR) is 119 cm³/mol. The molecule has 2 fully saturated rings. The zero-order valence-electron chi connectivity index (χ0n) is 20.8. The third-order valence-electron chi connectivity index (χ3n) is 5.78. The molecule has 0 aliphatic carbocycles. The molecule has 4 heterocycles. The minimum atomic E-state index is -5.08. The van der Waals surface area contributed by atoms with Crippen LogP contribution in [0.1, 0.15) is 35.6 Å². The predicted octanol–water partition coefficient (Wildman–Crippen LogP) is 3.90. The average Bonchev–Trinajstić information content (AvgIpc) is 3.38. The van der Waals surface area contributed by atoms with Gasteiger partial charge in [0.15, 0.2) is 0 Å². The number of carboxylic acid groups (broad SMARTS) is 2. The molecular formula is C23H27F6N3O7. The van der Waals surface area contributed by atoms with Gasteiger partial charge in [-0.1, -0.05) is 11.2 Å². The van der Waals surface area contributed by atoms with E-state index in [9.17, 15) is 26.3 Å². The largest absolute Gasteiger partial charge is 0.490 e. The lowest BCUT2D eigenvalue weighted by Crippen LogP contribution is -2.41. The van der Waals surface area contributed by atoms with E-state index in [0.29, 0.717) is 12.6 Å². The Labute approximate surface area is 218 Å². The van der Waals surface area contributed by atoms with Crippen LogP contribution in [0, 0.1) is 13.8 Å². The van der Waals surface area contributed by atoms with Gasteiger partial charge >= 0.3 is 24.3 Å². The van der Waals surface area contributed by atoms with Gasteiger partial charge in [-0.15, -0.1) is 0 Å². The molecule has 2 aliphatic rings. The van der Waals surface area contributed by atoms with Crippen molar-refractivity contribution >= 4 is 11.9 Å². The molecule has 0 unspecified atom stereocenters. The van der Waals surface area contributed by atoms with Gasteiger partial charge in [0.25, 0.3) is 0 Å². The van der Waals surface area contributed by atoms with Crippen molar-refractivity contribution in [3.05, 3.63) is 47.1 Å². The van der Waals surface area contributed by atoms with Crippen LogP contribution in [0.15, 0.2) is 28.9 Å². The maximum absolute atomic E-state index is 10.6. The standard InChI is InChI=1S/C19H25N3O3.2C2HF3O2/c1-13-16(14(2)25-21-13)10-22-11-18(19-17(22)7-5-9-23-19)24-12-15-6-3-4-8-20-15;2*3-2(4,5)1(6)7/h3-4,6,8,17-19H,5,7,9-12H2,1-2H3;2*(H,6,7)/t17-,18-,19+;;/m1../s1. The van der Waals surface area contributed by atoms with Crippen molar-refractivity contribution in [3.63, 3.8) is 0 Å². The maximum atomic E-state index is 10.6. The first-order chi connectivity index (χ1) is 18.1. The van der Waals surface area contributed by atoms with E-state index in [1.807, 2.05) is 32.0 Å². The second-order valence-corrected chi connectivity index (χ2v) is 8.55. The molecule has 0 radical (unpaired) electrons. The molecule has 16 heteroatoms. The van der Waals surface area contributed by atoms with E-state index in [0.717, 1.165) is 49.7 Å². The van der Waals surface area contributed by atoms with Gasteiger partial charge in [0, 0.05) is 37.5 Å². The Morgan fingerprint density at radius 2 is 1.72 bits per heavy atom. The lowest BCUT2D eigenvalue weighted by atomic mass is 10.0. The number of hydrogen-bond acceptors (Lipinski definition) is 8. The summed E-state index contributed by atoms with van der Waals surface area (Å²) in [6.45, 7) is 7.05. The molecule has 2 aliphatic heterocycles. The molecule has 0 aromatic carbocycles. The number of carboxylic acids is 2. The molecule has 2 aromatic heterocycles. The Hall–Kier alpha value is -3.24. The second kappa shape index (κ2) is 13.7. The SMILES string of the molecule is Cc1noc(C)c1CN1C[C@@H](OCc2ccccn2)[C@H]2OCCC[C@H]21.O=C(O)C(F)(F)F.O=C(O)C(F)(F)F. The fraction of sp³-hybridized carbons (Fsp3) is 0.565. The van der Waals surface area contributed by atoms with Crippen molar-refractivity contribution < 1.29 is 60.1 Å². The normalized spacial score (nSPS) is 21.2. The van der Waals surface area contributed by atoms with Crippen molar-refractivity contribution in [3.8, 4) is 0 Å². The number of aliphatic carboxylic acids is 2. The van der Waals surface area contributed by atoms with Crippen LogP contribution in [0.5, 0.6) is 0 Å². The molecule has 218 valence electrons. The Morgan fingerprint density at radius 3 is 2.21 bits per heavy atom. The number of aromatic nitrogens is 2. The summed E-state index contributed by atoms with van der Waals surface area (Å²) in [4.78, 5) is 24.6. The van der Waals surface area contributed by atoms with Crippen LogP contribution in [0.4, 0.5) is 26.3 Å². The fourth-order valence-corrected chi connectivity index (χ4v) is 3.94. The number of pyridine rings is 1. The highest BCUT2D eigenvalue weighted by atomic mass is 19.4. The number of rotatable bonds is 5. The summed E-state index contributed by atoms with van der Waals surface area (Å²) in [5.74, 6) is -4.61. The number of aryl methyl sites for hydroxylation is 2. The molecule has 2 N–H and O–H groups in total. The first-order valence-electron chi connectivity index (χ1n) is 11.5. The number of hydrogen-bond donors (Lipinski definition) is 2. The zero-order valence-corrected chi connectivity index (χ0v) is 20.8. The number of alkyl halides is 6. The monoisotopic (exact) mass is 571 g/mol. The fourth-order valence-electron chi connectivity index (χ4n) is 3.94. The number of likely N-dealkylation sites (tertiary alicyclic amines) is 1. The molecule has 0 bridgehead atoms. The summed E-state index contributed by atoms with van der Waals surface area (Å²) < 4.78 is 81.1. The molecular weight excluding hydrogens is 544 g/mol. The van der Waals surface area contributed by atoms with E-state index in [-0.39, 0.29) is 12.2 Å². The summed E-state index contributed by atoms with van der Waals surface area (Å²) >= 11 is 0. The lowest BCUT2D eigenvalue weighted by molar-refractivity contribution is -0.193. The van der Waals surface area contributed by atoms with Crippen molar-refractivity contribution in [2.24, 2.45) is 0 Å². The van der Waals surface area contributed by atoms with E-state index in [1.54, 1.807) is 6.20 Å². The Bertz CT molecular complexity index is 1030. The highest BCUT2D eigenvalue weighted by Crippen LogP contribution is 2.33. The molecule has 2 saturated heterocycles. The van der Waals surface area contributed by atoms with Crippen LogP contribution in [-0.4, -0.2) is 80.9 Å². The van der Waals surface area contributed by atoms with Crippen molar-refractivity contribution in [2.45, 2.75) is 70.4 Å². The number of nitrogens with zero attached hydrogens (tertiary/aromatic N) is 3. The minimum absolute atomic E-state index is 0.0766. The Morgan fingerprint density at radius 1 is 1.10 bits per heavy atom. The Kier molecular flexibility index (Phi) is 11.2. The van der Waals surface area contributed by atoms with Gasteiger partial charge in [-0.25, -0.2) is 9.59 Å². The van der Waals surface area contributed by atoms with Crippen LogP contribution in [-0.2, 0) is 32.2 Å². The number of carbonyl (C=O) groups is 2. The first kappa shape index (κ1) is 32.0. The van der Waals surface area contributed by atoms with Gasteiger partial charge in [0.1, 0.15) is 11.9 Å². The van der Waals surface area contributed by atoms with E-state index >= 15 is 0 Å². The zero-order chi connectivity index (χ0) is 29.4. The summed E-state index contributed by atoms with van der Waals surface area (Å²) in [6, 6.07) is 6.31. The molecule has 0 amide bonds. The van der Waals surface area contributed by atoms with Crippen LogP contribution in [0.25, 0.3) is 0 Å². The molecule has 0 saturated carbocycles. The van der Waals surface area contributed by atoms with Gasteiger partial charge in [0.05, 0.1) is 24.1 Å². The van der Waals surface area contributed by atoms with E-state index in [1.165, 1.54) is 5.56 Å². The molecule has 3 atom stereocenters. The number of fused-ring (bicyclic) bond motifs is 1. The van der Waals surface area contributed by atoms with Crippen molar-refractivity contribution in [2.75, 3.05) is 13.2 Å². The van der Waals surface area contributed by atoms with Crippen LogP contribution < -0.4 is 0 Å². The molecule has 2 aromatic rings. The topological polar surface area (TPSA) is 135 Å². The second-order valence-electron chi connectivity index (χ2n) is 8.55. The van der Waals surface area contributed by atoms with Crippen LogP contribution >= 0.6 is 0 Å². The number of ether oxygens (including phenoxy) is 2. The van der Waals surface area contributed by atoms with Gasteiger partial charge in [-0.3, -0.25) is 9.88 Å². The average molecular weight is 571 g/mol. The van der Waals surface area contributed by atoms with Gasteiger partial charge in [0.2, 0.25) is 0 Å². The van der Waals surface area contributed by atoms with Gasteiger partial charge in [-0.2, -0.15) is 26.3 Å². The van der Waals surface area contributed by atoms with E-state index < -0.39 is 24.3 Å². The minimum Gasteiger partial charge on any atom is -0.475 e. The van der Waals surface area contributed by atoms with Crippen molar-refractivity contribution in [1.82, 2.24) is 15.0 Å². The van der Waals surface area contributed by atoms with Gasteiger partial charge < -0.3 is 24.2 Å². The highest BCUT2D eigenvalue weighted by Gasteiger charge is 2.45. The maximum Gasteiger partial charge on any atom is 0.490 e. The first-order valence-corrected chi connectivity index (χ1v) is 11.5. The van der Waals surface area contributed by atoms with Gasteiger partial charge in [-0.05, 0) is 38.8 Å². The van der Waals surface area contributed by atoms with E-state index in [2.05, 4.69) is 15.0 Å². The van der Waals surface area contributed by atoms with Crippen molar-refractivity contribution in [1.29, 1.82) is 0 Å². The van der Waals surface area contributed by atoms with Crippen LogP contribution in [0.3, 0.4) is 0 Å². The smallest absolute Gasteiger partial charge is 0.475 e. The third-order valence-corrected chi connectivity index (χ3v) is 5.78.